The van der Waals surface area contributed by atoms with Crippen LogP contribution in [-0.2, 0) is 6.54 Å². The molecular formula is C22H22N4OS. The minimum Gasteiger partial charge on any atom is -0.308 e. The molecule has 5 nitrogen and oxygen atoms in total. The fourth-order valence-corrected chi connectivity index (χ4v) is 4.14. The van der Waals surface area contributed by atoms with Gasteiger partial charge in [-0.3, -0.25) is 4.79 Å². The zero-order chi connectivity index (χ0) is 19.7. The first-order chi connectivity index (χ1) is 13.6. The Hall–Kier alpha value is -2.99. The quantitative estimate of drug-likeness (QED) is 0.491. The van der Waals surface area contributed by atoms with Gasteiger partial charge in [0.25, 0.3) is 5.91 Å². The van der Waals surface area contributed by atoms with Gasteiger partial charge in [0.1, 0.15) is 0 Å². The number of anilines is 1. The van der Waals surface area contributed by atoms with Crippen molar-refractivity contribution >= 4 is 34.0 Å². The summed E-state index contributed by atoms with van der Waals surface area (Å²) in [7, 11) is 0. The van der Waals surface area contributed by atoms with Crippen LogP contribution in [0.1, 0.15) is 33.4 Å². The molecule has 0 unspecified atom stereocenters. The number of hydrogen-bond acceptors (Lipinski definition) is 4. The average Bonchev–Trinajstić information content (AvgIpc) is 3.34. The van der Waals surface area contributed by atoms with Gasteiger partial charge in [0.2, 0.25) is 0 Å². The molecule has 1 aromatic carbocycles. The summed E-state index contributed by atoms with van der Waals surface area (Å²) < 4.78 is 1.87. The molecule has 28 heavy (non-hydrogen) atoms. The third-order valence-corrected chi connectivity index (χ3v) is 5.68. The number of benzene rings is 1. The molecule has 0 bridgehead atoms. The average molecular weight is 391 g/mol. The first-order valence-electron chi connectivity index (χ1n) is 9.31. The van der Waals surface area contributed by atoms with Crippen molar-refractivity contribution in [2.45, 2.75) is 27.3 Å². The van der Waals surface area contributed by atoms with Crippen LogP contribution in [0.5, 0.6) is 0 Å². The van der Waals surface area contributed by atoms with E-state index in [1.165, 1.54) is 4.88 Å². The summed E-state index contributed by atoms with van der Waals surface area (Å²) in [6.45, 7) is 7.19. The number of pyridine rings is 1. The predicted octanol–water partition coefficient (Wildman–Crippen LogP) is 4.82. The van der Waals surface area contributed by atoms with Crippen LogP contribution in [0, 0.1) is 13.8 Å². The Morgan fingerprint density at radius 1 is 1.18 bits per heavy atom. The van der Waals surface area contributed by atoms with Gasteiger partial charge in [0.15, 0.2) is 5.65 Å². The van der Waals surface area contributed by atoms with Crippen LogP contribution in [-0.4, -0.2) is 27.2 Å². The van der Waals surface area contributed by atoms with Crippen molar-refractivity contribution in [2.75, 3.05) is 11.4 Å². The molecule has 0 saturated carbocycles. The topological polar surface area (TPSA) is 51.0 Å². The SMILES string of the molecule is CCN(C(=O)c1cc(C)nc2c1cnn2Cc1cccs1)c1ccccc1C. The molecule has 3 heterocycles. The van der Waals surface area contributed by atoms with Crippen LogP contribution < -0.4 is 4.90 Å². The van der Waals surface area contributed by atoms with Crippen LogP contribution >= 0.6 is 11.3 Å². The van der Waals surface area contributed by atoms with Crippen LogP contribution in [0.2, 0.25) is 0 Å². The minimum absolute atomic E-state index is 0.0250. The van der Waals surface area contributed by atoms with E-state index in [1.54, 1.807) is 17.5 Å². The number of para-hydroxylation sites is 1. The summed E-state index contributed by atoms with van der Waals surface area (Å²) in [6, 6.07) is 13.9. The van der Waals surface area contributed by atoms with E-state index < -0.39 is 0 Å². The number of aromatic nitrogens is 3. The second kappa shape index (κ2) is 7.56. The van der Waals surface area contributed by atoms with Gasteiger partial charge in [0, 0.05) is 22.8 Å². The number of aryl methyl sites for hydroxylation is 2. The Labute approximate surface area is 168 Å². The van der Waals surface area contributed by atoms with Gasteiger partial charge in [-0.25, -0.2) is 9.67 Å². The van der Waals surface area contributed by atoms with Crippen LogP contribution in [0.15, 0.2) is 54.0 Å². The van der Waals surface area contributed by atoms with Gasteiger partial charge in [-0.05, 0) is 49.9 Å². The summed E-state index contributed by atoms with van der Waals surface area (Å²) in [5.74, 6) is -0.0250. The lowest BCUT2D eigenvalue weighted by Gasteiger charge is -2.23. The molecule has 0 radical (unpaired) electrons. The normalized spacial score (nSPS) is 11.1. The smallest absolute Gasteiger partial charge is 0.259 e. The number of amides is 1. The lowest BCUT2D eigenvalue weighted by molar-refractivity contribution is 0.0989. The molecule has 1 amide bonds. The predicted molar refractivity (Wildman–Crippen MR) is 114 cm³/mol. The van der Waals surface area contributed by atoms with E-state index in [0.29, 0.717) is 18.7 Å². The van der Waals surface area contributed by atoms with Crippen LogP contribution in [0.3, 0.4) is 0 Å². The maximum atomic E-state index is 13.5. The molecule has 142 valence electrons. The number of thiophene rings is 1. The van der Waals surface area contributed by atoms with Crippen molar-refractivity contribution in [3.05, 3.63) is 75.7 Å². The summed E-state index contributed by atoms with van der Waals surface area (Å²) in [5.41, 5.74) is 4.21. The first-order valence-corrected chi connectivity index (χ1v) is 10.2. The standard InChI is InChI=1S/C22H22N4OS/c1-4-25(20-10-6-5-8-15(20)2)22(27)18-12-16(3)24-21-19(18)13-23-26(21)14-17-9-7-11-28-17/h5-13H,4,14H2,1-3H3. The lowest BCUT2D eigenvalue weighted by Crippen LogP contribution is -2.31. The summed E-state index contributed by atoms with van der Waals surface area (Å²) >= 11 is 1.69. The van der Waals surface area contributed by atoms with Crippen LogP contribution in [0.25, 0.3) is 11.0 Å². The molecule has 3 aromatic heterocycles. The molecule has 0 N–H and O–H groups in total. The second-order valence-electron chi connectivity index (χ2n) is 6.77. The van der Waals surface area contributed by atoms with Gasteiger partial charge in [0.05, 0.1) is 23.7 Å². The number of hydrogen-bond donors (Lipinski definition) is 0. The molecule has 0 fully saturated rings. The largest absolute Gasteiger partial charge is 0.308 e. The number of fused-ring (bicyclic) bond motifs is 1. The second-order valence-corrected chi connectivity index (χ2v) is 7.80. The molecule has 0 atom stereocenters. The first kappa shape index (κ1) is 18.4. The number of nitrogens with zero attached hydrogens (tertiary/aromatic N) is 4. The lowest BCUT2D eigenvalue weighted by atomic mass is 10.1. The van der Waals surface area contributed by atoms with Gasteiger partial charge < -0.3 is 4.90 Å². The third-order valence-electron chi connectivity index (χ3n) is 4.82. The highest BCUT2D eigenvalue weighted by molar-refractivity contribution is 7.09. The summed E-state index contributed by atoms with van der Waals surface area (Å²) in [4.78, 5) is 21.2. The zero-order valence-corrected chi connectivity index (χ0v) is 17.0. The Morgan fingerprint density at radius 3 is 2.71 bits per heavy atom. The molecule has 4 rings (SSSR count). The van der Waals surface area contributed by atoms with E-state index in [9.17, 15) is 4.79 Å². The molecule has 0 aliphatic heterocycles. The number of rotatable bonds is 5. The Balaban J connectivity index is 1.78. The van der Waals surface area contributed by atoms with Crippen molar-refractivity contribution in [1.29, 1.82) is 0 Å². The van der Waals surface area contributed by atoms with Crippen molar-refractivity contribution in [3.63, 3.8) is 0 Å². The highest BCUT2D eigenvalue weighted by atomic mass is 32.1. The fourth-order valence-electron chi connectivity index (χ4n) is 3.45. The maximum Gasteiger partial charge on any atom is 0.259 e. The molecule has 0 spiro atoms. The van der Waals surface area contributed by atoms with Crippen molar-refractivity contribution in [2.24, 2.45) is 0 Å². The zero-order valence-electron chi connectivity index (χ0n) is 16.2. The number of carbonyl (C=O) groups is 1. The van der Waals surface area contributed by atoms with Crippen LogP contribution in [0.4, 0.5) is 5.69 Å². The Kier molecular flexibility index (Phi) is 4.96. The van der Waals surface area contributed by atoms with E-state index >= 15 is 0 Å². The molecule has 0 aliphatic rings. The van der Waals surface area contributed by atoms with E-state index in [2.05, 4.69) is 21.5 Å². The Bertz CT molecular complexity index is 1130. The molecule has 0 saturated heterocycles. The molecule has 6 heteroatoms. The van der Waals surface area contributed by atoms with Gasteiger partial charge in [-0.1, -0.05) is 24.3 Å². The Morgan fingerprint density at radius 2 is 2.00 bits per heavy atom. The van der Waals surface area contributed by atoms with E-state index in [0.717, 1.165) is 28.0 Å². The highest BCUT2D eigenvalue weighted by Crippen LogP contribution is 2.26. The molecule has 4 aromatic rings. The molecule has 0 aliphatic carbocycles. The highest BCUT2D eigenvalue weighted by Gasteiger charge is 2.22. The van der Waals surface area contributed by atoms with Gasteiger partial charge >= 0.3 is 0 Å². The monoisotopic (exact) mass is 390 g/mol. The maximum absolute atomic E-state index is 13.5. The summed E-state index contributed by atoms with van der Waals surface area (Å²) in [5, 5.41) is 7.36. The van der Waals surface area contributed by atoms with E-state index in [1.807, 2.05) is 66.8 Å². The molecular weight excluding hydrogens is 368 g/mol. The van der Waals surface area contributed by atoms with E-state index in [-0.39, 0.29) is 5.91 Å². The summed E-state index contributed by atoms with van der Waals surface area (Å²) in [6.07, 6.45) is 1.76. The number of carbonyl (C=O) groups excluding carboxylic acids is 1. The van der Waals surface area contributed by atoms with Crippen molar-refractivity contribution < 1.29 is 4.79 Å². The van der Waals surface area contributed by atoms with Crippen molar-refractivity contribution in [1.82, 2.24) is 14.8 Å². The van der Waals surface area contributed by atoms with Gasteiger partial charge in [-0.2, -0.15) is 5.10 Å². The van der Waals surface area contributed by atoms with Gasteiger partial charge in [-0.15, -0.1) is 11.3 Å². The fraction of sp³-hybridized carbons (Fsp3) is 0.227. The van der Waals surface area contributed by atoms with Crippen molar-refractivity contribution in [3.8, 4) is 0 Å². The minimum atomic E-state index is -0.0250. The third kappa shape index (κ3) is 3.31. The van der Waals surface area contributed by atoms with E-state index in [4.69, 9.17) is 0 Å².